The molecule has 2 heterocycles. The fraction of sp³-hybridized carbons (Fsp3) is 0.571. The Balaban J connectivity index is 1.39. The van der Waals surface area contributed by atoms with Crippen LogP contribution in [0.4, 0.5) is 8.78 Å². The smallest absolute Gasteiger partial charge is 0.249 e. The maximum absolute atomic E-state index is 13.8. The normalized spacial score (nSPS) is 26.0. The van der Waals surface area contributed by atoms with E-state index in [1.54, 1.807) is 38.2 Å². The number of carbonyl (C=O) groups excluding carboxylic acids is 4. The molecule has 2 unspecified atom stereocenters. The lowest BCUT2D eigenvalue weighted by molar-refractivity contribution is -0.154. The van der Waals surface area contributed by atoms with E-state index in [0.29, 0.717) is 17.3 Å². The topological polar surface area (TPSA) is 147 Å². The van der Waals surface area contributed by atoms with Gasteiger partial charge in [-0.1, -0.05) is 52.0 Å². The van der Waals surface area contributed by atoms with E-state index in [1.165, 1.54) is 4.90 Å². The van der Waals surface area contributed by atoms with Gasteiger partial charge in [0.25, 0.3) is 0 Å². The van der Waals surface area contributed by atoms with E-state index >= 15 is 0 Å². The lowest BCUT2D eigenvalue weighted by atomic mass is 9.80. The molecule has 12 heteroatoms. The first-order valence-electron chi connectivity index (χ1n) is 13.5. The summed E-state index contributed by atoms with van der Waals surface area (Å²) in [5, 5.41) is 14.8. The number of halogens is 2. The highest BCUT2D eigenvalue weighted by atomic mass is 19.3. The van der Waals surface area contributed by atoms with Crippen molar-refractivity contribution >= 4 is 34.4 Å². The predicted octanol–water partition coefficient (Wildman–Crippen LogP) is 1.94. The molecule has 0 spiro atoms. The van der Waals surface area contributed by atoms with E-state index in [2.05, 4.69) is 20.8 Å². The van der Waals surface area contributed by atoms with Crippen LogP contribution in [0.25, 0.3) is 10.8 Å². The third-order valence-corrected chi connectivity index (χ3v) is 8.90. The fourth-order valence-electron chi connectivity index (χ4n) is 6.39. The third-order valence-electron chi connectivity index (χ3n) is 8.90. The quantitative estimate of drug-likeness (QED) is 0.453. The van der Waals surface area contributed by atoms with Gasteiger partial charge in [0.1, 0.15) is 17.8 Å². The molecule has 1 aromatic heterocycles. The lowest BCUT2D eigenvalue weighted by Gasteiger charge is -2.37. The minimum Gasteiger partial charge on any atom is -0.368 e. The minimum absolute atomic E-state index is 0.0467. The van der Waals surface area contributed by atoms with E-state index in [0.717, 1.165) is 0 Å². The Hall–Kier alpha value is -3.70. The zero-order valence-electron chi connectivity index (χ0n) is 22.9. The van der Waals surface area contributed by atoms with Crippen LogP contribution in [0.3, 0.4) is 0 Å². The highest BCUT2D eigenvalue weighted by molar-refractivity contribution is 5.97. The van der Waals surface area contributed by atoms with E-state index < -0.39 is 66.4 Å². The largest absolute Gasteiger partial charge is 0.368 e. The summed E-state index contributed by atoms with van der Waals surface area (Å²) in [5.41, 5.74) is 5.69. The zero-order valence-corrected chi connectivity index (χ0v) is 22.9. The Morgan fingerprint density at radius 2 is 1.75 bits per heavy atom. The van der Waals surface area contributed by atoms with Crippen molar-refractivity contribution in [2.24, 2.45) is 34.8 Å². The van der Waals surface area contributed by atoms with E-state index in [1.807, 2.05) is 19.9 Å². The van der Waals surface area contributed by atoms with Crippen LogP contribution in [0.2, 0.25) is 0 Å². The average molecular weight is 557 g/mol. The molecule has 3 aliphatic rings. The number of benzene rings is 1. The Morgan fingerprint density at radius 3 is 2.38 bits per heavy atom. The van der Waals surface area contributed by atoms with Gasteiger partial charge >= 0.3 is 0 Å². The van der Waals surface area contributed by atoms with Crippen LogP contribution < -0.4 is 16.4 Å². The number of primary amides is 1. The van der Waals surface area contributed by atoms with Crippen LogP contribution in [-0.2, 0) is 19.2 Å². The standard InChI is InChI=1S/C28H34F2N6O4/c1-13(2)19(33-24(38)15-9-28(29,30)10-15)26(40)36-12-17-18(27(17,3)4)22(36)25(39)34-21(23(31)37)20-16-8-6-5-7-14(16)11-32-35-20/h5-8,11,13,15,17-19,21-22H,9-10,12H2,1-4H3,(H2,31,37)(H,33,38)(H,34,39)/t17-,18-,19?,21?,22-/m0/s1. The number of nitrogens with one attached hydrogen (secondary N) is 2. The second-order valence-corrected chi connectivity index (χ2v) is 12.2. The second kappa shape index (κ2) is 9.74. The highest BCUT2D eigenvalue weighted by Crippen LogP contribution is 2.65. The molecule has 40 heavy (non-hydrogen) atoms. The van der Waals surface area contributed by atoms with Gasteiger partial charge in [-0.05, 0) is 23.2 Å². The van der Waals surface area contributed by atoms with E-state index in [9.17, 15) is 28.0 Å². The van der Waals surface area contributed by atoms with Crippen LogP contribution in [0.15, 0.2) is 30.5 Å². The molecule has 5 rings (SSSR count). The molecule has 4 amide bonds. The molecule has 1 aromatic carbocycles. The van der Waals surface area contributed by atoms with Crippen molar-refractivity contribution < 1.29 is 28.0 Å². The summed E-state index contributed by atoms with van der Waals surface area (Å²) in [6.45, 7) is 7.83. The number of carbonyl (C=O) groups is 4. The Bertz CT molecular complexity index is 1370. The number of alkyl halides is 2. The first kappa shape index (κ1) is 27.9. The monoisotopic (exact) mass is 556 g/mol. The average Bonchev–Trinajstić information content (AvgIpc) is 3.20. The van der Waals surface area contributed by atoms with Crippen molar-refractivity contribution in [3.05, 3.63) is 36.2 Å². The van der Waals surface area contributed by atoms with Crippen molar-refractivity contribution in [3.8, 4) is 0 Å². The number of aromatic nitrogens is 2. The molecule has 2 aliphatic carbocycles. The maximum atomic E-state index is 13.8. The van der Waals surface area contributed by atoms with Crippen LogP contribution in [0.5, 0.6) is 0 Å². The Labute approximate surface area is 230 Å². The van der Waals surface area contributed by atoms with Crippen molar-refractivity contribution in [1.82, 2.24) is 25.7 Å². The Morgan fingerprint density at radius 1 is 1.07 bits per heavy atom. The van der Waals surface area contributed by atoms with Gasteiger partial charge in [0.2, 0.25) is 29.6 Å². The number of fused-ring (bicyclic) bond motifs is 2. The van der Waals surface area contributed by atoms with Gasteiger partial charge in [-0.25, -0.2) is 8.78 Å². The number of nitrogens with two attached hydrogens (primary N) is 1. The molecule has 5 atom stereocenters. The highest BCUT2D eigenvalue weighted by Gasteiger charge is 2.69. The predicted molar refractivity (Wildman–Crippen MR) is 140 cm³/mol. The lowest BCUT2D eigenvalue weighted by Crippen LogP contribution is -2.59. The number of likely N-dealkylation sites (tertiary alicyclic amines) is 1. The van der Waals surface area contributed by atoms with E-state index in [4.69, 9.17) is 5.73 Å². The molecule has 2 aromatic rings. The number of amides is 4. The first-order chi connectivity index (χ1) is 18.7. The molecular formula is C28H34F2N6O4. The molecule has 4 N–H and O–H groups in total. The van der Waals surface area contributed by atoms with Gasteiger partial charge in [0, 0.05) is 36.1 Å². The number of hydrogen-bond acceptors (Lipinski definition) is 6. The summed E-state index contributed by atoms with van der Waals surface area (Å²) >= 11 is 0. The van der Waals surface area contributed by atoms with Gasteiger partial charge in [0.05, 0.1) is 6.20 Å². The molecule has 3 fully saturated rings. The van der Waals surface area contributed by atoms with Crippen LogP contribution in [0.1, 0.15) is 52.3 Å². The summed E-state index contributed by atoms with van der Waals surface area (Å²) in [4.78, 5) is 54.3. The molecule has 0 radical (unpaired) electrons. The van der Waals surface area contributed by atoms with Gasteiger partial charge in [-0.3, -0.25) is 19.2 Å². The van der Waals surface area contributed by atoms with Gasteiger partial charge < -0.3 is 21.3 Å². The maximum Gasteiger partial charge on any atom is 0.249 e. The van der Waals surface area contributed by atoms with E-state index in [-0.39, 0.29) is 28.9 Å². The van der Waals surface area contributed by atoms with Crippen LogP contribution >= 0.6 is 0 Å². The minimum atomic E-state index is -2.87. The SMILES string of the molecule is CC(C)C(NC(=O)C1CC(F)(F)C1)C(=O)N1C[C@H]2[C@@H]([C@H]1C(=O)NC(C(N)=O)c1nncc3ccccc13)C2(C)C. The number of nitrogens with zero attached hydrogens (tertiary/aromatic N) is 3. The third kappa shape index (κ3) is 4.77. The number of rotatable bonds is 8. The number of piperidine rings is 1. The van der Waals surface area contributed by atoms with Gasteiger partial charge in [-0.2, -0.15) is 10.2 Å². The molecule has 1 aliphatic heterocycles. The second-order valence-electron chi connectivity index (χ2n) is 12.2. The molecular weight excluding hydrogens is 522 g/mol. The van der Waals surface area contributed by atoms with Gasteiger partial charge in [0.15, 0.2) is 6.04 Å². The molecule has 10 nitrogen and oxygen atoms in total. The first-order valence-corrected chi connectivity index (χ1v) is 13.5. The molecule has 2 saturated carbocycles. The summed E-state index contributed by atoms with van der Waals surface area (Å²) < 4.78 is 26.7. The van der Waals surface area contributed by atoms with Crippen LogP contribution in [-0.4, -0.2) is 63.3 Å². The summed E-state index contributed by atoms with van der Waals surface area (Å²) in [6.07, 6.45) is 0.450. The fourth-order valence-corrected chi connectivity index (χ4v) is 6.39. The van der Waals surface area contributed by atoms with Crippen molar-refractivity contribution in [1.29, 1.82) is 0 Å². The summed E-state index contributed by atoms with van der Waals surface area (Å²) in [7, 11) is 0. The van der Waals surface area contributed by atoms with Crippen molar-refractivity contribution in [3.63, 3.8) is 0 Å². The summed E-state index contributed by atoms with van der Waals surface area (Å²) in [6, 6.07) is 3.94. The van der Waals surface area contributed by atoms with Crippen molar-refractivity contribution in [2.75, 3.05) is 6.54 Å². The molecule has 1 saturated heterocycles. The summed E-state index contributed by atoms with van der Waals surface area (Å²) in [5.74, 6) is -6.63. The van der Waals surface area contributed by atoms with Crippen LogP contribution in [0, 0.1) is 29.1 Å². The zero-order chi connectivity index (χ0) is 29.1. The van der Waals surface area contributed by atoms with Gasteiger partial charge in [-0.15, -0.1) is 0 Å². The molecule has 0 bridgehead atoms. The molecule has 214 valence electrons. The number of hydrogen-bond donors (Lipinski definition) is 3. The van der Waals surface area contributed by atoms with Crippen molar-refractivity contribution in [2.45, 2.75) is 64.6 Å². The Kier molecular flexibility index (Phi) is 6.78.